The van der Waals surface area contributed by atoms with Crippen molar-refractivity contribution in [2.45, 2.75) is 43.0 Å². The Morgan fingerprint density at radius 2 is 1.62 bits per heavy atom. The van der Waals surface area contributed by atoms with Crippen molar-refractivity contribution in [1.29, 1.82) is 0 Å². The zero-order valence-corrected chi connectivity index (χ0v) is 19.7. The number of sulfonamides is 1. The Balaban J connectivity index is 1.49. The summed E-state index contributed by atoms with van der Waals surface area (Å²) in [4.78, 5) is 15.5. The number of carbonyl (C=O) groups excluding carboxylic acids is 1. The first kappa shape index (κ1) is 23.2. The lowest BCUT2D eigenvalue weighted by molar-refractivity contribution is 0.0937. The van der Waals surface area contributed by atoms with Gasteiger partial charge >= 0.3 is 0 Å². The molecular weight excluding hydrogens is 446 g/mol. The average molecular weight is 476 g/mol. The maximum absolute atomic E-state index is 13.0. The van der Waals surface area contributed by atoms with Gasteiger partial charge in [0.05, 0.1) is 10.9 Å². The first-order valence-electron chi connectivity index (χ1n) is 11.3. The lowest BCUT2D eigenvalue weighted by Gasteiger charge is -2.29. The van der Waals surface area contributed by atoms with Gasteiger partial charge in [0.25, 0.3) is 5.91 Å². The van der Waals surface area contributed by atoms with E-state index in [1.165, 1.54) is 10.4 Å². The quantitative estimate of drug-likeness (QED) is 0.655. The fourth-order valence-corrected chi connectivity index (χ4v) is 6.40. The summed E-state index contributed by atoms with van der Waals surface area (Å²) < 4.78 is 27.5. The highest BCUT2D eigenvalue weighted by atomic mass is 35.5. The summed E-state index contributed by atoms with van der Waals surface area (Å²) in [6.07, 6.45) is 5.06. The smallest absolute Gasteiger partial charge is 0.251 e. The minimum atomic E-state index is -3.58. The molecule has 172 valence electrons. The maximum Gasteiger partial charge on any atom is 0.251 e. The zero-order valence-electron chi connectivity index (χ0n) is 18.2. The number of nitrogens with zero attached hydrogens (tertiary/aromatic N) is 2. The average Bonchev–Trinajstić information content (AvgIpc) is 3.35. The van der Waals surface area contributed by atoms with E-state index in [0.29, 0.717) is 30.2 Å². The molecule has 1 amide bonds. The fourth-order valence-electron chi connectivity index (χ4n) is 4.58. The summed E-state index contributed by atoms with van der Waals surface area (Å²) in [5.74, 6) is -0.281. The second-order valence-corrected chi connectivity index (χ2v) is 10.8. The van der Waals surface area contributed by atoms with Crippen LogP contribution in [0.2, 0.25) is 5.02 Å². The van der Waals surface area contributed by atoms with Crippen molar-refractivity contribution >= 4 is 27.5 Å². The number of benzene rings is 2. The minimum absolute atomic E-state index is 0.0181. The number of hydrogen-bond donors (Lipinski definition) is 1. The second kappa shape index (κ2) is 10.3. The van der Waals surface area contributed by atoms with Crippen LogP contribution in [0.1, 0.15) is 54.1 Å². The zero-order chi connectivity index (χ0) is 22.6. The van der Waals surface area contributed by atoms with Crippen LogP contribution in [0, 0.1) is 0 Å². The Morgan fingerprint density at radius 1 is 0.938 bits per heavy atom. The van der Waals surface area contributed by atoms with Gasteiger partial charge in [-0.05, 0) is 68.6 Å². The largest absolute Gasteiger partial charge is 0.350 e. The van der Waals surface area contributed by atoms with E-state index in [4.69, 9.17) is 11.6 Å². The molecule has 0 bridgehead atoms. The van der Waals surface area contributed by atoms with Gasteiger partial charge in [-0.15, -0.1) is 0 Å². The number of halogens is 1. The van der Waals surface area contributed by atoms with E-state index in [1.54, 1.807) is 18.2 Å². The predicted octanol–water partition coefficient (Wildman–Crippen LogP) is 4.08. The summed E-state index contributed by atoms with van der Waals surface area (Å²) in [5.41, 5.74) is 1.35. The molecule has 2 heterocycles. The number of hydrogen-bond acceptors (Lipinski definition) is 4. The molecule has 2 saturated heterocycles. The SMILES string of the molecule is O=C(NCC(c1ccccc1Cl)N1CCCC1)c1cccc(S(=O)(=O)N2CCCCC2)c1. The molecule has 4 rings (SSSR count). The van der Waals surface area contributed by atoms with Crippen LogP contribution in [-0.2, 0) is 10.0 Å². The molecule has 2 fully saturated rings. The number of piperidine rings is 1. The number of likely N-dealkylation sites (tertiary alicyclic amines) is 1. The van der Waals surface area contributed by atoms with Crippen LogP contribution in [0.4, 0.5) is 0 Å². The van der Waals surface area contributed by atoms with Gasteiger partial charge in [-0.1, -0.05) is 42.3 Å². The highest BCUT2D eigenvalue weighted by molar-refractivity contribution is 7.89. The van der Waals surface area contributed by atoms with Crippen LogP contribution < -0.4 is 5.32 Å². The molecule has 1 unspecified atom stereocenters. The van der Waals surface area contributed by atoms with E-state index in [9.17, 15) is 13.2 Å². The Bertz CT molecular complexity index is 1050. The summed E-state index contributed by atoms with van der Waals surface area (Å²) in [7, 11) is -3.58. The van der Waals surface area contributed by atoms with Crippen LogP contribution in [0.15, 0.2) is 53.4 Å². The van der Waals surface area contributed by atoms with Crippen molar-refractivity contribution in [3.05, 3.63) is 64.7 Å². The van der Waals surface area contributed by atoms with Gasteiger partial charge in [0.1, 0.15) is 0 Å². The van der Waals surface area contributed by atoms with Crippen molar-refractivity contribution < 1.29 is 13.2 Å². The normalized spacial score (nSPS) is 19.0. The maximum atomic E-state index is 13.0. The molecule has 2 aromatic rings. The third kappa shape index (κ3) is 5.17. The lowest BCUT2D eigenvalue weighted by Crippen LogP contribution is -2.37. The molecule has 32 heavy (non-hydrogen) atoms. The standard InChI is InChI=1S/C24H30ClN3O3S/c25-22-12-3-2-11-21(22)23(27-13-6-7-14-27)18-26-24(29)19-9-8-10-20(17-19)32(30,31)28-15-4-1-5-16-28/h2-3,8-12,17,23H,1,4-7,13-16,18H2,(H,26,29). The van der Waals surface area contributed by atoms with E-state index < -0.39 is 10.0 Å². The topological polar surface area (TPSA) is 69.7 Å². The van der Waals surface area contributed by atoms with Crippen LogP contribution in [0.25, 0.3) is 0 Å². The lowest BCUT2D eigenvalue weighted by atomic mass is 10.0. The summed E-state index contributed by atoms with van der Waals surface area (Å²) >= 11 is 6.46. The van der Waals surface area contributed by atoms with Gasteiger partial charge in [-0.2, -0.15) is 4.31 Å². The second-order valence-electron chi connectivity index (χ2n) is 8.48. The van der Waals surface area contributed by atoms with E-state index in [-0.39, 0.29) is 16.8 Å². The molecule has 2 aromatic carbocycles. The van der Waals surface area contributed by atoms with Crippen molar-refractivity contribution in [3.63, 3.8) is 0 Å². The Kier molecular flexibility index (Phi) is 7.51. The molecule has 1 atom stereocenters. The number of nitrogens with one attached hydrogen (secondary N) is 1. The minimum Gasteiger partial charge on any atom is -0.350 e. The van der Waals surface area contributed by atoms with Crippen molar-refractivity contribution in [1.82, 2.24) is 14.5 Å². The molecule has 0 aliphatic carbocycles. The summed E-state index contributed by atoms with van der Waals surface area (Å²) in [5, 5.41) is 3.70. The molecule has 2 aliphatic heterocycles. The molecular formula is C24H30ClN3O3S. The van der Waals surface area contributed by atoms with Gasteiger partial charge < -0.3 is 5.32 Å². The van der Waals surface area contributed by atoms with Crippen LogP contribution in [0.5, 0.6) is 0 Å². The Morgan fingerprint density at radius 3 is 2.34 bits per heavy atom. The predicted molar refractivity (Wildman–Crippen MR) is 126 cm³/mol. The number of rotatable bonds is 7. The Labute approximate surface area is 195 Å². The first-order chi connectivity index (χ1) is 15.5. The van der Waals surface area contributed by atoms with E-state index in [0.717, 1.165) is 50.8 Å². The monoisotopic (exact) mass is 475 g/mol. The van der Waals surface area contributed by atoms with Gasteiger partial charge in [-0.25, -0.2) is 8.42 Å². The number of amides is 1. The molecule has 0 saturated carbocycles. The molecule has 0 spiro atoms. The van der Waals surface area contributed by atoms with Crippen molar-refractivity contribution in [2.75, 3.05) is 32.7 Å². The van der Waals surface area contributed by atoms with Crippen LogP contribution >= 0.6 is 11.6 Å². The summed E-state index contributed by atoms with van der Waals surface area (Å²) in [6, 6.07) is 14.1. The van der Waals surface area contributed by atoms with E-state index >= 15 is 0 Å². The molecule has 8 heteroatoms. The third-order valence-corrected chi connectivity index (χ3v) is 8.59. The van der Waals surface area contributed by atoms with Crippen LogP contribution in [-0.4, -0.2) is 56.3 Å². The van der Waals surface area contributed by atoms with Gasteiger partial charge in [0.15, 0.2) is 0 Å². The van der Waals surface area contributed by atoms with E-state index in [2.05, 4.69) is 10.2 Å². The van der Waals surface area contributed by atoms with Gasteiger partial charge in [0.2, 0.25) is 10.0 Å². The third-order valence-electron chi connectivity index (χ3n) is 6.35. The first-order valence-corrected chi connectivity index (χ1v) is 13.2. The highest BCUT2D eigenvalue weighted by Crippen LogP contribution is 2.30. The molecule has 2 aliphatic rings. The van der Waals surface area contributed by atoms with Gasteiger partial charge in [-0.3, -0.25) is 9.69 Å². The van der Waals surface area contributed by atoms with Crippen molar-refractivity contribution in [3.8, 4) is 0 Å². The Hall–Kier alpha value is -1.93. The van der Waals surface area contributed by atoms with Gasteiger partial charge in [0, 0.05) is 30.2 Å². The molecule has 0 radical (unpaired) electrons. The summed E-state index contributed by atoms with van der Waals surface area (Å²) in [6.45, 7) is 3.42. The molecule has 0 aromatic heterocycles. The number of carbonyl (C=O) groups is 1. The van der Waals surface area contributed by atoms with Crippen molar-refractivity contribution in [2.24, 2.45) is 0 Å². The van der Waals surface area contributed by atoms with Crippen LogP contribution in [0.3, 0.4) is 0 Å². The molecule has 6 nitrogen and oxygen atoms in total. The highest BCUT2D eigenvalue weighted by Gasteiger charge is 2.28. The molecule has 1 N–H and O–H groups in total. The fraction of sp³-hybridized carbons (Fsp3) is 0.458. The van der Waals surface area contributed by atoms with E-state index in [1.807, 2.05) is 24.3 Å².